The summed E-state index contributed by atoms with van der Waals surface area (Å²) in [6.45, 7) is -0.574. The van der Waals surface area contributed by atoms with E-state index in [4.69, 9.17) is 16.3 Å². The van der Waals surface area contributed by atoms with Gasteiger partial charge in [0.2, 0.25) is 5.91 Å². The molecule has 2 aromatic carbocycles. The number of hydrogen-bond donors (Lipinski definition) is 1. The summed E-state index contributed by atoms with van der Waals surface area (Å²) in [4.78, 5) is 37.0. The van der Waals surface area contributed by atoms with Crippen LogP contribution < -0.4 is 5.32 Å². The molecule has 0 saturated carbocycles. The Balaban J connectivity index is 1.70. The van der Waals surface area contributed by atoms with Crippen LogP contribution in [-0.2, 0) is 25.5 Å². The number of aryl methyl sites for hydroxylation is 1. The number of rotatable bonds is 8. The van der Waals surface area contributed by atoms with Crippen molar-refractivity contribution < 1.29 is 19.1 Å². The first-order valence-electron chi connectivity index (χ1n) is 8.43. The molecule has 0 spiro atoms. The number of nitrogens with zero attached hydrogens (tertiary/aromatic N) is 1. The Hall–Kier alpha value is -2.86. The second-order valence-electron chi connectivity index (χ2n) is 5.92. The minimum absolute atomic E-state index is 0.175. The third-order valence-corrected chi connectivity index (χ3v) is 4.10. The van der Waals surface area contributed by atoms with Gasteiger partial charge in [-0.15, -0.1) is 0 Å². The van der Waals surface area contributed by atoms with Gasteiger partial charge in [0.25, 0.3) is 5.91 Å². The highest BCUT2D eigenvalue weighted by molar-refractivity contribution is 6.33. The van der Waals surface area contributed by atoms with E-state index in [0.29, 0.717) is 17.1 Å². The highest BCUT2D eigenvalue weighted by atomic mass is 35.5. The molecule has 0 unspecified atom stereocenters. The van der Waals surface area contributed by atoms with Crippen LogP contribution in [0.3, 0.4) is 0 Å². The number of para-hydroxylation sites is 1. The Morgan fingerprint density at radius 3 is 2.41 bits per heavy atom. The van der Waals surface area contributed by atoms with Crippen LogP contribution in [-0.4, -0.2) is 42.9 Å². The fraction of sp³-hybridized carbons (Fsp3) is 0.250. The molecule has 0 fully saturated rings. The van der Waals surface area contributed by atoms with E-state index in [1.54, 1.807) is 24.3 Å². The first kappa shape index (κ1) is 20.5. The number of nitrogens with one attached hydrogen (secondary N) is 1. The van der Waals surface area contributed by atoms with Gasteiger partial charge in [0.15, 0.2) is 6.61 Å². The van der Waals surface area contributed by atoms with Gasteiger partial charge in [-0.1, -0.05) is 54.1 Å². The van der Waals surface area contributed by atoms with Gasteiger partial charge >= 0.3 is 5.97 Å². The number of ether oxygens (including phenoxy) is 1. The molecule has 0 saturated heterocycles. The molecule has 0 aliphatic carbocycles. The molecule has 0 aromatic heterocycles. The summed E-state index contributed by atoms with van der Waals surface area (Å²) in [5, 5.41) is 3.04. The average Bonchev–Trinajstić information content (AvgIpc) is 2.67. The Kier molecular flexibility index (Phi) is 7.82. The van der Waals surface area contributed by atoms with Gasteiger partial charge < -0.3 is 15.0 Å². The molecule has 27 heavy (non-hydrogen) atoms. The molecule has 0 aliphatic heterocycles. The van der Waals surface area contributed by atoms with Crippen LogP contribution >= 0.6 is 11.6 Å². The SMILES string of the molecule is CN(CC(=O)Nc1ccccc1Cl)C(=O)COC(=O)CCc1ccccc1. The van der Waals surface area contributed by atoms with E-state index in [0.717, 1.165) is 5.56 Å². The van der Waals surface area contributed by atoms with E-state index < -0.39 is 24.4 Å². The van der Waals surface area contributed by atoms with Gasteiger partial charge in [0, 0.05) is 13.5 Å². The van der Waals surface area contributed by atoms with Gasteiger partial charge in [0.1, 0.15) is 0 Å². The molecule has 6 nitrogen and oxygen atoms in total. The quantitative estimate of drug-likeness (QED) is 0.705. The van der Waals surface area contributed by atoms with E-state index in [2.05, 4.69) is 5.32 Å². The standard InChI is InChI=1S/C20H21ClN2O4/c1-23(13-18(24)22-17-10-6-5-9-16(17)21)19(25)14-27-20(26)12-11-15-7-3-2-4-8-15/h2-10H,11-14H2,1H3,(H,22,24). The number of benzene rings is 2. The Morgan fingerprint density at radius 2 is 1.70 bits per heavy atom. The average molecular weight is 389 g/mol. The maximum Gasteiger partial charge on any atom is 0.306 e. The van der Waals surface area contributed by atoms with Crippen LogP contribution in [0.25, 0.3) is 0 Å². The third-order valence-electron chi connectivity index (χ3n) is 3.77. The summed E-state index contributed by atoms with van der Waals surface area (Å²) >= 11 is 5.97. The fourth-order valence-corrected chi connectivity index (χ4v) is 2.45. The smallest absolute Gasteiger partial charge is 0.306 e. The van der Waals surface area contributed by atoms with Crippen molar-refractivity contribution in [3.63, 3.8) is 0 Å². The van der Waals surface area contributed by atoms with Crippen molar-refractivity contribution >= 4 is 35.1 Å². The molecular weight excluding hydrogens is 368 g/mol. The predicted octanol–water partition coefficient (Wildman–Crippen LogP) is 2.91. The largest absolute Gasteiger partial charge is 0.456 e. The maximum atomic E-state index is 12.0. The number of anilines is 1. The highest BCUT2D eigenvalue weighted by Gasteiger charge is 2.16. The van der Waals surface area contributed by atoms with Gasteiger partial charge in [-0.05, 0) is 24.1 Å². The van der Waals surface area contributed by atoms with Crippen LogP contribution in [0, 0.1) is 0 Å². The molecule has 0 atom stereocenters. The molecule has 0 radical (unpaired) electrons. The zero-order valence-electron chi connectivity index (χ0n) is 15.0. The lowest BCUT2D eigenvalue weighted by molar-refractivity contribution is -0.151. The number of carbonyl (C=O) groups is 3. The molecule has 1 N–H and O–H groups in total. The van der Waals surface area contributed by atoms with Crippen LogP contribution in [0.15, 0.2) is 54.6 Å². The molecule has 142 valence electrons. The molecule has 2 amide bonds. The first-order chi connectivity index (χ1) is 13.0. The summed E-state index contributed by atoms with van der Waals surface area (Å²) < 4.78 is 4.98. The monoisotopic (exact) mass is 388 g/mol. The van der Waals surface area contributed by atoms with E-state index in [9.17, 15) is 14.4 Å². The third kappa shape index (κ3) is 7.11. The predicted molar refractivity (Wildman–Crippen MR) is 103 cm³/mol. The number of halogens is 1. The minimum atomic E-state index is -0.461. The molecule has 7 heteroatoms. The topological polar surface area (TPSA) is 75.7 Å². The summed E-state index contributed by atoms with van der Waals surface area (Å²) in [6, 6.07) is 16.3. The zero-order chi connectivity index (χ0) is 19.6. The Bertz CT molecular complexity index is 796. The lowest BCUT2D eigenvalue weighted by Crippen LogP contribution is -2.37. The van der Waals surface area contributed by atoms with Gasteiger partial charge in [-0.25, -0.2) is 0 Å². The zero-order valence-corrected chi connectivity index (χ0v) is 15.7. The normalized spacial score (nSPS) is 10.1. The van der Waals surface area contributed by atoms with Crippen molar-refractivity contribution in [1.29, 1.82) is 0 Å². The number of likely N-dealkylation sites (N-methyl/N-ethyl adjacent to an activating group) is 1. The number of esters is 1. The van der Waals surface area contributed by atoms with Gasteiger partial charge in [-0.2, -0.15) is 0 Å². The highest BCUT2D eigenvalue weighted by Crippen LogP contribution is 2.20. The lowest BCUT2D eigenvalue weighted by Gasteiger charge is -2.17. The van der Waals surface area contributed by atoms with Gasteiger partial charge in [0.05, 0.1) is 17.3 Å². The van der Waals surface area contributed by atoms with Crippen molar-refractivity contribution in [2.24, 2.45) is 0 Å². The lowest BCUT2D eigenvalue weighted by atomic mass is 10.1. The van der Waals surface area contributed by atoms with Crippen LogP contribution in [0.2, 0.25) is 5.02 Å². The van der Waals surface area contributed by atoms with Crippen molar-refractivity contribution in [3.8, 4) is 0 Å². The van der Waals surface area contributed by atoms with Crippen molar-refractivity contribution in [1.82, 2.24) is 4.90 Å². The molecule has 0 aliphatic rings. The molecule has 2 rings (SSSR count). The van der Waals surface area contributed by atoms with Crippen LogP contribution in [0.4, 0.5) is 5.69 Å². The molecule has 0 bridgehead atoms. The number of hydrogen-bond acceptors (Lipinski definition) is 4. The van der Waals surface area contributed by atoms with Crippen molar-refractivity contribution in [2.75, 3.05) is 25.5 Å². The van der Waals surface area contributed by atoms with E-state index in [1.165, 1.54) is 11.9 Å². The van der Waals surface area contributed by atoms with Crippen molar-refractivity contribution in [3.05, 3.63) is 65.2 Å². The minimum Gasteiger partial charge on any atom is -0.456 e. The number of amides is 2. The second-order valence-corrected chi connectivity index (χ2v) is 6.33. The van der Waals surface area contributed by atoms with Crippen molar-refractivity contribution in [2.45, 2.75) is 12.8 Å². The summed E-state index contributed by atoms with van der Waals surface area (Å²) in [6.07, 6.45) is 0.734. The van der Waals surface area contributed by atoms with E-state index in [1.807, 2.05) is 30.3 Å². The first-order valence-corrected chi connectivity index (χ1v) is 8.81. The maximum absolute atomic E-state index is 12.0. The Morgan fingerprint density at radius 1 is 1.04 bits per heavy atom. The van der Waals surface area contributed by atoms with Crippen LogP contribution in [0.5, 0.6) is 0 Å². The van der Waals surface area contributed by atoms with Crippen LogP contribution in [0.1, 0.15) is 12.0 Å². The molecular formula is C20H21ClN2O4. The van der Waals surface area contributed by atoms with Gasteiger partial charge in [-0.3, -0.25) is 14.4 Å². The number of carbonyl (C=O) groups excluding carboxylic acids is 3. The summed E-state index contributed by atoms with van der Waals surface area (Å²) in [5.74, 6) is -1.31. The molecule has 0 heterocycles. The second kappa shape index (κ2) is 10.3. The van der Waals surface area contributed by atoms with E-state index >= 15 is 0 Å². The molecule has 2 aromatic rings. The fourth-order valence-electron chi connectivity index (χ4n) is 2.27. The summed E-state index contributed by atoms with van der Waals surface area (Å²) in [5.41, 5.74) is 1.49. The summed E-state index contributed by atoms with van der Waals surface area (Å²) in [7, 11) is 1.46. The Labute approximate surface area is 163 Å². The van der Waals surface area contributed by atoms with E-state index in [-0.39, 0.29) is 13.0 Å².